The fraction of sp³-hybridized carbons (Fsp3) is 0.241. The van der Waals surface area contributed by atoms with Crippen LogP contribution in [0.15, 0.2) is 66.9 Å². The predicted molar refractivity (Wildman–Crippen MR) is 131 cm³/mol. The van der Waals surface area contributed by atoms with Crippen LogP contribution in [0.25, 0.3) is 10.9 Å². The van der Waals surface area contributed by atoms with E-state index in [1.165, 1.54) is 13.2 Å². The lowest BCUT2D eigenvalue weighted by atomic mass is 9.98. The molecule has 182 valence electrons. The Hall–Kier alpha value is -4.13. The van der Waals surface area contributed by atoms with Crippen LogP contribution in [0.2, 0.25) is 0 Å². The Labute approximate surface area is 207 Å². The molecule has 7 heteroatoms. The number of methoxy groups -OCH3 is 1. The molecule has 3 aromatic carbocycles. The lowest BCUT2D eigenvalue weighted by Crippen LogP contribution is -2.09. The van der Waals surface area contributed by atoms with Gasteiger partial charge in [-0.1, -0.05) is 12.1 Å². The number of carbonyl (C=O) groups is 1. The van der Waals surface area contributed by atoms with Crippen molar-refractivity contribution in [3.8, 4) is 23.0 Å². The number of benzene rings is 3. The summed E-state index contributed by atoms with van der Waals surface area (Å²) in [6, 6.07) is 18.2. The summed E-state index contributed by atoms with van der Waals surface area (Å²) in [4.78, 5) is 16.0. The highest BCUT2D eigenvalue weighted by molar-refractivity contribution is 5.80. The fourth-order valence-electron chi connectivity index (χ4n) is 5.05. The number of ether oxygens (including phenoxy) is 4. The van der Waals surface area contributed by atoms with Crippen LogP contribution in [-0.4, -0.2) is 24.7 Å². The second kappa shape index (κ2) is 9.15. The highest BCUT2D eigenvalue weighted by Gasteiger charge is 2.32. The average molecular weight is 486 g/mol. The molecule has 1 aromatic heterocycles. The third-order valence-electron chi connectivity index (χ3n) is 6.83. The van der Waals surface area contributed by atoms with Gasteiger partial charge in [0, 0.05) is 40.3 Å². The van der Waals surface area contributed by atoms with Gasteiger partial charge in [0.2, 0.25) is 0 Å². The molecular formula is C29H24FNO5. The Kier molecular flexibility index (Phi) is 5.68. The molecule has 2 atom stereocenters. The maximum Gasteiger partial charge on any atom is 0.306 e. The van der Waals surface area contributed by atoms with Gasteiger partial charge in [0.05, 0.1) is 25.7 Å². The van der Waals surface area contributed by atoms with Crippen molar-refractivity contribution in [3.05, 3.63) is 89.4 Å². The number of nitrogens with zero attached hydrogens (tertiary/aromatic N) is 1. The minimum absolute atomic E-state index is 0.0447. The van der Waals surface area contributed by atoms with E-state index in [0.717, 1.165) is 22.0 Å². The molecule has 0 bridgehead atoms. The lowest BCUT2D eigenvalue weighted by molar-refractivity contribution is -0.141. The van der Waals surface area contributed by atoms with Gasteiger partial charge in [-0.2, -0.15) is 0 Å². The van der Waals surface area contributed by atoms with Crippen molar-refractivity contribution >= 4 is 16.9 Å². The molecule has 0 saturated carbocycles. The van der Waals surface area contributed by atoms with E-state index in [4.69, 9.17) is 18.9 Å². The van der Waals surface area contributed by atoms with Gasteiger partial charge in [0.1, 0.15) is 34.9 Å². The standard InChI is InChI=1S/C29H24FNO5/c1-33-28(32)14-18-16-34-27-15-20(4-6-21(18)27)36-26-10-7-22-25(11-8-23(30)29(22)26)35-19-5-9-24-17(13-19)3-2-12-31-24/h2-6,8-9,11-13,15,18,26H,7,10,14,16H2,1H3. The summed E-state index contributed by atoms with van der Waals surface area (Å²) in [5, 5.41) is 0.975. The predicted octanol–water partition coefficient (Wildman–Crippen LogP) is 6.27. The molecule has 1 aliphatic carbocycles. The molecule has 0 amide bonds. The summed E-state index contributed by atoms with van der Waals surface area (Å²) >= 11 is 0. The summed E-state index contributed by atoms with van der Waals surface area (Å²) in [5.41, 5.74) is 3.19. The summed E-state index contributed by atoms with van der Waals surface area (Å²) < 4.78 is 38.0. The molecule has 0 saturated heterocycles. The third kappa shape index (κ3) is 4.11. The smallest absolute Gasteiger partial charge is 0.306 e. The van der Waals surface area contributed by atoms with Gasteiger partial charge >= 0.3 is 5.97 Å². The number of rotatable bonds is 6. The van der Waals surface area contributed by atoms with Crippen LogP contribution in [0.1, 0.15) is 41.6 Å². The van der Waals surface area contributed by atoms with E-state index >= 15 is 0 Å². The highest BCUT2D eigenvalue weighted by atomic mass is 19.1. The summed E-state index contributed by atoms with van der Waals surface area (Å²) in [5.74, 6) is 1.96. The van der Waals surface area contributed by atoms with Gasteiger partial charge in [-0.3, -0.25) is 9.78 Å². The highest BCUT2D eigenvalue weighted by Crippen LogP contribution is 2.44. The maximum absolute atomic E-state index is 15.0. The minimum Gasteiger partial charge on any atom is -0.492 e. The topological polar surface area (TPSA) is 66.9 Å². The molecule has 4 aromatic rings. The SMILES string of the molecule is COC(=O)CC1COc2cc(OC3CCc4c(Oc5ccc6ncccc6c5)ccc(F)c43)ccc21. The van der Waals surface area contributed by atoms with Crippen molar-refractivity contribution in [3.63, 3.8) is 0 Å². The largest absolute Gasteiger partial charge is 0.492 e. The van der Waals surface area contributed by atoms with Gasteiger partial charge in [-0.05, 0) is 55.3 Å². The van der Waals surface area contributed by atoms with Crippen molar-refractivity contribution in [2.45, 2.75) is 31.3 Å². The van der Waals surface area contributed by atoms with Crippen molar-refractivity contribution < 1.29 is 28.1 Å². The first-order valence-electron chi connectivity index (χ1n) is 11.9. The number of hydrogen-bond donors (Lipinski definition) is 0. The zero-order valence-electron chi connectivity index (χ0n) is 19.7. The monoisotopic (exact) mass is 485 g/mol. The van der Waals surface area contributed by atoms with Crippen LogP contribution >= 0.6 is 0 Å². The van der Waals surface area contributed by atoms with Crippen LogP contribution in [0, 0.1) is 5.82 Å². The molecule has 2 aliphatic rings. The summed E-state index contributed by atoms with van der Waals surface area (Å²) in [7, 11) is 1.38. The summed E-state index contributed by atoms with van der Waals surface area (Å²) in [6.07, 6.45) is 2.86. The molecular weight excluding hydrogens is 461 g/mol. The number of esters is 1. The van der Waals surface area contributed by atoms with E-state index in [1.807, 2.05) is 48.5 Å². The van der Waals surface area contributed by atoms with Crippen molar-refractivity contribution in [2.24, 2.45) is 0 Å². The molecule has 0 N–H and O–H groups in total. The van der Waals surface area contributed by atoms with E-state index < -0.39 is 6.10 Å². The Bertz CT molecular complexity index is 1470. The van der Waals surface area contributed by atoms with Gasteiger partial charge in [0.15, 0.2) is 0 Å². The number of aromatic nitrogens is 1. The molecule has 2 unspecified atom stereocenters. The van der Waals surface area contributed by atoms with E-state index in [0.29, 0.717) is 48.0 Å². The zero-order chi connectivity index (χ0) is 24.6. The normalized spacial score (nSPS) is 17.8. The molecule has 2 heterocycles. The van der Waals surface area contributed by atoms with Crippen LogP contribution in [0.5, 0.6) is 23.0 Å². The first-order valence-corrected chi connectivity index (χ1v) is 11.9. The first-order chi connectivity index (χ1) is 17.6. The molecule has 1 aliphatic heterocycles. The minimum atomic E-state index is -0.435. The molecule has 0 fully saturated rings. The van der Waals surface area contributed by atoms with Crippen LogP contribution in [0.4, 0.5) is 4.39 Å². The molecule has 0 radical (unpaired) electrons. The van der Waals surface area contributed by atoms with Gasteiger partial charge in [-0.15, -0.1) is 0 Å². The molecule has 0 spiro atoms. The first kappa shape index (κ1) is 22.3. The van der Waals surface area contributed by atoms with Crippen molar-refractivity contribution in [1.82, 2.24) is 4.98 Å². The van der Waals surface area contributed by atoms with Gasteiger partial charge in [-0.25, -0.2) is 4.39 Å². The average Bonchev–Trinajstić information content (AvgIpc) is 3.50. The fourth-order valence-corrected chi connectivity index (χ4v) is 5.05. The molecule has 6 rings (SSSR count). The Morgan fingerprint density at radius 1 is 1.11 bits per heavy atom. The molecule has 36 heavy (non-hydrogen) atoms. The Balaban J connectivity index is 1.23. The van der Waals surface area contributed by atoms with Crippen LogP contribution in [0.3, 0.4) is 0 Å². The van der Waals surface area contributed by atoms with Gasteiger partial charge in [0.25, 0.3) is 0 Å². The third-order valence-corrected chi connectivity index (χ3v) is 6.83. The number of fused-ring (bicyclic) bond motifs is 3. The second-order valence-corrected chi connectivity index (χ2v) is 9.03. The van der Waals surface area contributed by atoms with Gasteiger partial charge < -0.3 is 18.9 Å². The maximum atomic E-state index is 15.0. The van der Waals surface area contributed by atoms with Crippen LogP contribution in [-0.2, 0) is 16.0 Å². The van der Waals surface area contributed by atoms with Crippen molar-refractivity contribution in [1.29, 1.82) is 0 Å². The lowest BCUT2D eigenvalue weighted by Gasteiger charge is -2.17. The van der Waals surface area contributed by atoms with Crippen molar-refractivity contribution in [2.75, 3.05) is 13.7 Å². The van der Waals surface area contributed by atoms with E-state index in [9.17, 15) is 9.18 Å². The number of hydrogen-bond acceptors (Lipinski definition) is 6. The zero-order valence-corrected chi connectivity index (χ0v) is 19.7. The number of carbonyl (C=O) groups excluding carboxylic acids is 1. The molecule has 6 nitrogen and oxygen atoms in total. The summed E-state index contributed by atoms with van der Waals surface area (Å²) in [6.45, 7) is 0.417. The Morgan fingerprint density at radius 3 is 2.89 bits per heavy atom. The van der Waals surface area contributed by atoms with E-state index in [1.54, 1.807) is 12.3 Å². The number of pyridine rings is 1. The van der Waals surface area contributed by atoms with E-state index in [2.05, 4.69) is 4.98 Å². The second-order valence-electron chi connectivity index (χ2n) is 9.03. The Morgan fingerprint density at radius 2 is 2.00 bits per heavy atom. The van der Waals surface area contributed by atoms with Crippen LogP contribution < -0.4 is 14.2 Å². The quantitative estimate of drug-likeness (QED) is 0.300. The number of halogens is 1. The van der Waals surface area contributed by atoms with E-state index in [-0.39, 0.29) is 24.1 Å².